The maximum atomic E-state index is 12.8. The minimum Gasteiger partial charge on any atom is -0.435 e. The summed E-state index contributed by atoms with van der Waals surface area (Å²) >= 11 is 0. The lowest BCUT2D eigenvalue weighted by Crippen LogP contribution is -2.13. The molecule has 1 amide bonds. The molecule has 1 N–H and O–H groups in total. The van der Waals surface area contributed by atoms with Gasteiger partial charge in [-0.1, -0.05) is 6.07 Å². The first-order valence-electron chi connectivity index (χ1n) is 5.53. The fourth-order valence-electron chi connectivity index (χ4n) is 1.45. The second-order valence-electron chi connectivity index (χ2n) is 3.70. The van der Waals surface area contributed by atoms with Gasteiger partial charge in [0.05, 0.1) is 0 Å². The van der Waals surface area contributed by atoms with E-state index in [9.17, 15) is 18.0 Å². The molecule has 7 heteroatoms. The van der Waals surface area contributed by atoms with Crippen molar-refractivity contribution in [3.05, 3.63) is 54.0 Å². The minimum absolute atomic E-state index is 0.0552. The van der Waals surface area contributed by atoms with E-state index in [4.69, 9.17) is 0 Å². The number of ether oxygens (including phenoxy) is 1. The quantitative estimate of drug-likeness (QED) is 0.877. The van der Waals surface area contributed by atoms with Gasteiger partial charge in [-0.3, -0.25) is 4.79 Å². The number of rotatable bonds is 4. The van der Waals surface area contributed by atoms with Crippen molar-refractivity contribution in [2.45, 2.75) is 6.61 Å². The summed E-state index contributed by atoms with van der Waals surface area (Å²) in [6.07, 6.45) is 0. The molecule has 0 unspecified atom stereocenters. The Balaban J connectivity index is 2.06. The lowest BCUT2D eigenvalue weighted by atomic mass is 10.2. The maximum Gasteiger partial charge on any atom is 0.387 e. The van der Waals surface area contributed by atoms with E-state index in [1.165, 1.54) is 36.4 Å². The number of anilines is 1. The van der Waals surface area contributed by atoms with Crippen molar-refractivity contribution in [3.63, 3.8) is 0 Å². The molecule has 2 aromatic rings. The van der Waals surface area contributed by atoms with Crippen molar-refractivity contribution < 1.29 is 22.7 Å². The van der Waals surface area contributed by atoms with E-state index in [2.05, 4.69) is 15.0 Å². The maximum absolute atomic E-state index is 12.8. The van der Waals surface area contributed by atoms with Crippen LogP contribution in [0, 0.1) is 5.95 Å². The Morgan fingerprint density at radius 3 is 2.45 bits per heavy atom. The highest BCUT2D eigenvalue weighted by Crippen LogP contribution is 2.15. The molecule has 4 nitrogen and oxygen atoms in total. The summed E-state index contributed by atoms with van der Waals surface area (Å²) in [5.41, 5.74) is 0.206. The Kier molecular flexibility index (Phi) is 4.19. The van der Waals surface area contributed by atoms with Crippen molar-refractivity contribution >= 4 is 11.7 Å². The van der Waals surface area contributed by atoms with Gasteiger partial charge in [-0.05, 0) is 36.4 Å². The molecule has 0 aliphatic carbocycles. The fourth-order valence-corrected chi connectivity index (χ4v) is 1.45. The SMILES string of the molecule is O=C(Nc1cccc(F)n1)c1ccc(OC(F)F)cc1. The number of hydrogen-bond donors (Lipinski definition) is 1. The largest absolute Gasteiger partial charge is 0.435 e. The highest BCUT2D eigenvalue weighted by molar-refractivity contribution is 6.03. The normalized spacial score (nSPS) is 10.4. The average Bonchev–Trinajstić information content (AvgIpc) is 2.38. The third-order valence-corrected chi connectivity index (χ3v) is 2.30. The van der Waals surface area contributed by atoms with Gasteiger partial charge in [0.1, 0.15) is 11.6 Å². The number of aromatic nitrogens is 1. The molecule has 0 spiro atoms. The first-order valence-corrected chi connectivity index (χ1v) is 5.53. The standard InChI is InChI=1S/C13H9F3N2O2/c14-10-2-1-3-11(17-10)18-12(19)8-4-6-9(7-5-8)20-13(15)16/h1-7,13H,(H,17,18,19). The molecule has 0 fully saturated rings. The molecule has 0 radical (unpaired) electrons. The van der Waals surface area contributed by atoms with Crippen LogP contribution in [0.5, 0.6) is 5.75 Å². The number of alkyl halides is 2. The summed E-state index contributed by atoms with van der Waals surface area (Å²) in [6.45, 7) is -2.92. The van der Waals surface area contributed by atoms with Crippen molar-refractivity contribution in [3.8, 4) is 5.75 Å². The minimum atomic E-state index is -2.92. The van der Waals surface area contributed by atoms with Crippen LogP contribution in [-0.4, -0.2) is 17.5 Å². The number of nitrogens with zero attached hydrogens (tertiary/aromatic N) is 1. The molecule has 104 valence electrons. The second-order valence-corrected chi connectivity index (χ2v) is 3.70. The van der Waals surface area contributed by atoms with Gasteiger partial charge in [-0.15, -0.1) is 0 Å². The van der Waals surface area contributed by atoms with Crippen LogP contribution in [0.3, 0.4) is 0 Å². The first-order chi connectivity index (χ1) is 9.54. The molecule has 0 aliphatic rings. The molecule has 20 heavy (non-hydrogen) atoms. The lowest BCUT2D eigenvalue weighted by Gasteiger charge is -2.06. The Bertz CT molecular complexity index is 603. The molecule has 0 bridgehead atoms. The number of carbonyl (C=O) groups excluding carboxylic acids is 1. The third kappa shape index (κ3) is 3.71. The van der Waals surface area contributed by atoms with E-state index in [1.54, 1.807) is 0 Å². The number of benzene rings is 1. The summed E-state index contributed by atoms with van der Waals surface area (Å²) in [4.78, 5) is 15.3. The monoisotopic (exact) mass is 282 g/mol. The number of nitrogens with one attached hydrogen (secondary N) is 1. The van der Waals surface area contributed by atoms with Gasteiger partial charge in [0, 0.05) is 5.56 Å². The number of pyridine rings is 1. The van der Waals surface area contributed by atoms with Crippen molar-refractivity contribution in [1.29, 1.82) is 0 Å². The number of hydrogen-bond acceptors (Lipinski definition) is 3. The van der Waals surface area contributed by atoms with E-state index in [-0.39, 0.29) is 17.1 Å². The van der Waals surface area contributed by atoms with E-state index in [0.29, 0.717) is 0 Å². The summed E-state index contributed by atoms with van der Waals surface area (Å²) in [5, 5.41) is 2.38. The van der Waals surface area contributed by atoms with Crippen LogP contribution in [0.4, 0.5) is 19.0 Å². The van der Waals surface area contributed by atoms with Crippen LogP contribution in [0.1, 0.15) is 10.4 Å². The van der Waals surface area contributed by atoms with E-state index in [0.717, 1.165) is 6.07 Å². The van der Waals surface area contributed by atoms with Crippen LogP contribution in [0.15, 0.2) is 42.5 Å². The number of carbonyl (C=O) groups is 1. The Labute approximate surface area is 112 Å². The zero-order valence-electron chi connectivity index (χ0n) is 10.0. The molecule has 2 rings (SSSR count). The third-order valence-electron chi connectivity index (χ3n) is 2.30. The Hall–Kier alpha value is -2.57. The number of halogens is 3. The van der Waals surface area contributed by atoms with Gasteiger partial charge in [-0.2, -0.15) is 13.2 Å². The van der Waals surface area contributed by atoms with Crippen molar-refractivity contribution in [1.82, 2.24) is 4.98 Å². The molecule has 0 aliphatic heterocycles. The second kappa shape index (κ2) is 6.05. The lowest BCUT2D eigenvalue weighted by molar-refractivity contribution is -0.0498. The zero-order chi connectivity index (χ0) is 14.5. The molecular weight excluding hydrogens is 273 g/mol. The summed E-state index contributed by atoms with van der Waals surface area (Å²) < 4.78 is 40.9. The molecule has 1 heterocycles. The van der Waals surface area contributed by atoms with Gasteiger partial charge in [0.2, 0.25) is 5.95 Å². The molecule has 0 atom stereocenters. The number of amides is 1. The smallest absolute Gasteiger partial charge is 0.387 e. The predicted molar refractivity (Wildman–Crippen MR) is 65.2 cm³/mol. The molecule has 0 saturated heterocycles. The van der Waals surface area contributed by atoms with Gasteiger partial charge in [0.25, 0.3) is 5.91 Å². The van der Waals surface area contributed by atoms with Crippen molar-refractivity contribution in [2.75, 3.05) is 5.32 Å². The zero-order valence-corrected chi connectivity index (χ0v) is 10.0. The summed E-state index contributed by atoms with van der Waals surface area (Å²) in [7, 11) is 0. The molecule has 1 aromatic carbocycles. The highest BCUT2D eigenvalue weighted by Gasteiger charge is 2.09. The van der Waals surface area contributed by atoms with Crippen molar-refractivity contribution in [2.24, 2.45) is 0 Å². The molecule has 1 aromatic heterocycles. The van der Waals surface area contributed by atoms with Crippen LogP contribution in [-0.2, 0) is 0 Å². The Morgan fingerprint density at radius 1 is 1.15 bits per heavy atom. The highest BCUT2D eigenvalue weighted by atomic mass is 19.3. The van der Waals surface area contributed by atoms with E-state index < -0.39 is 18.5 Å². The summed E-state index contributed by atoms with van der Waals surface area (Å²) in [5.74, 6) is -1.25. The predicted octanol–water partition coefficient (Wildman–Crippen LogP) is 3.07. The van der Waals surface area contributed by atoms with E-state index in [1.807, 2.05) is 0 Å². The average molecular weight is 282 g/mol. The summed E-state index contributed by atoms with van der Waals surface area (Å²) in [6, 6.07) is 9.07. The molecular formula is C13H9F3N2O2. The first kappa shape index (κ1) is 13.9. The van der Waals surface area contributed by atoms with E-state index >= 15 is 0 Å². The van der Waals surface area contributed by atoms with Crippen LogP contribution < -0.4 is 10.1 Å². The van der Waals surface area contributed by atoms with Crippen LogP contribution >= 0.6 is 0 Å². The molecule has 0 saturated carbocycles. The fraction of sp³-hybridized carbons (Fsp3) is 0.0769. The van der Waals surface area contributed by atoms with Crippen LogP contribution in [0.25, 0.3) is 0 Å². The van der Waals surface area contributed by atoms with Gasteiger partial charge in [0.15, 0.2) is 0 Å². The topological polar surface area (TPSA) is 51.2 Å². The van der Waals surface area contributed by atoms with Gasteiger partial charge >= 0.3 is 6.61 Å². The Morgan fingerprint density at radius 2 is 1.85 bits per heavy atom. The van der Waals surface area contributed by atoms with Gasteiger partial charge < -0.3 is 10.1 Å². The van der Waals surface area contributed by atoms with Crippen LogP contribution in [0.2, 0.25) is 0 Å². The van der Waals surface area contributed by atoms with Gasteiger partial charge in [-0.25, -0.2) is 4.98 Å².